The summed E-state index contributed by atoms with van der Waals surface area (Å²) < 4.78 is 0. The molecule has 3 heteroatoms. The van der Waals surface area contributed by atoms with Crippen LogP contribution in [0.5, 0.6) is 0 Å². The number of rotatable bonds is 8. The fourth-order valence-corrected chi connectivity index (χ4v) is 2.24. The van der Waals surface area contributed by atoms with Crippen molar-refractivity contribution in [3.63, 3.8) is 0 Å². The molecule has 1 aromatic rings. The Hall–Kier alpha value is -1.35. The van der Waals surface area contributed by atoms with Crippen molar-refractivity contribution < 1.29 is 9.90 Å². The molecule has 0 saturated heterocycles. The van der Waals surface area contributed by atoms with E-state index in [1.807, 2.05) is 6.07 Å². The smallest absolute Gasteiger partial charge is 0.304 e. The molecule has 1 rings (SSSR count). The summed E-state index contributed by atoms with van der Waals surface area (Å²) in [5.41, 5.74) is 7.14. The predicted octanol–water partition coefficient (Wildman–Crippen LogP) is 2.84. The van der Waals surface area contributed by atoms with Crippen LogP contribution < -0.4 is 5.73 Å². The van der Waals surface area contributed by atoms with Gasteiger partial charge in [-0.1, -0.05) is 43.7 Å². The molecule has 0 spiro atoms. The molecule has 1 aromatic carbocycles. The van der Waals surface area contributed by atoms with E-state index in [0.717, 1.165) is 25.7 Å². The summed E-state index contributed by atoms with van der Waals surface area (Å²) in [6.45, 7) is 2.15. The van der Waals surface area contributed by atoms with Crippen molar-refractivity contribution in [3.8, 4) is 0 Å². The van der Waals surface area contributed by atoms with Crippen LogP contribution in [0.15, 0.2) is 30.3 Å². The van der Waals surface area contributed by atoms with Crippen LogP contribution in [0.1, 0.15) is 38.2 Å². The zero-order chi connectivity index (χ0) is 13.4. The van der Waals surface area contributed by atoms with Gasteiger partial charge in [-0.2, -0.15) is 0 Å². The lowest BCUT2D eigenvalue weighted by molar-refractivity contribution is -0.137. The first-order valence-corrected chi connectivity index (χ1v) is 6.59. The number of nitrogens with two attached hydrogens (primary N) is 1. The Balaban J connectivity index is 2.17. The van der Waals surface area contributed by atoms with E-state index < -0.39 is 5.97 Å². The van der Waals surface area contributed by atoms with Crippen molar-refractivity contribution in [1.82, 2.24) is 0 Å². The zero-order valence-electron chi connectivity index (χ0n) is 11.0. The number of carboxylic acids is 1. The van der Waals surface area contributed by atoms with Crippen LogP contribution in [0, 0.1) is 5.92 Å². The molecule has 0 aromatic heterocycles. The summed E-state index contributed by atoms with van der Waals surface area (Å²) in [6.07, 6.45) is 4.18. The van der Waals surface area contributed by atoms with Crippen molar-refractivity contribution in [1.29, 1.82) is 0 Å². The van der Waals surface area contributed by atoms with Crippen LogP contribution in [-0.2, 0) is 11.2 Å². The van der Waals surface area contributed by atoms with Gasteiger partial charge in [0.2, 0.25) is 0 Å². The molecule has 18 heavy (non-hydrogen) atoms. The average molecular weight is 249 g/mol. The summed E-state index contributed by atoms with van der Waals surface area (Å²) in [6, 6.07) is 10.2. The Labute approximate surface area is 109 Å². The third kappa shape index (κ3) is 6.40. The van der Waals surface area contributed by atoms with Crippen LogP contribution in [0.4, 0.5) is 0 Å². The maximum Gasteiger partial charge on any atom is 0.304 e. The van der Waals surface area contributed by atoms with Crippen LogP contribution in [0.3, 0.4) is 0 Å². The molecule has 0 heterocycles. The van der Waals surface area contributed by atoms with Gasteiger partial charge in [0.1, 0.15) is 0 Å². The first-order valence-electron chi connectivity index (χ1n) is 6.59. The second-order valence-electron chi connectivity index (χ2n) is 5.08. The lowest BCUT2D eigenvalue weighted by Gasteiger charge is -2.15. The lowest BCUT2D eigenvalue weighted by atomic mass is 9.94. The fraction of sp³-hybridized carbons (Fsp3) is 0.533. The average Bonchev–Trinajstić information content (AvgIpc) is 2.29. The van der Waals surface area contributed by atoms with Crippen LogP contribution in [-0.4, -0.2) is 17.1 Å². The lowest BCUT2D eigenvalue weighted by Crippen LogP contribution is -2.26. The Morgan fingerprint density at radius 2 is 2.00 bits per heavy atom. The van der Waals surface area contributed by atoms with E-state index in [9.17, 15) is 4.79 Å². The third-order valence-electron chi connectivity index (χ3n) is 3.15. The van der Waals surface area contributed by atoms with E-state index in [1.165, 1.54) is 5.56 Å². The van der Waals surface area contributed by atoms with Crippen molar-refractivity contribution in [2.75, 3.05) is 0 Å². The van der Waals surface area contributed by atoms with Gasteiger partial charge in [-0.15, -0.1) is 0 Å². The van der Waals surface area contributed by atoms with Crippen LogP contribution in [0.25, 0.3) is 0 Å². The number of carboxylic acid groups (broad SMARTS) is 1. The highest BCUT2D eigenvalue weighted by atomic mass is 16.4. The highest BCUT2D eigenvalue weighted by Gasteiger charge is 2.12. The molecule has 0 radical (unpaired) electrons. The number of aliphatic carboxylic acids is 1. The molecule has 0 saturated carbocycles. The van der Waals surface area contributed by atoms with Gasteiger partial charge in [0.05, 0.1) is 6.42 Å². The topological polar surface area (TPSA) is 63.3 Å². The third-order valence-corrected chi connectivity index (χ3v) is 3.15. The molecule has 2 atom stereocenters. The molecule has 3 nitrogen and oxygen atoms in total. The van der Waals surface area contributed by atoms with Crippen molar-refractivity contribution in [3.05, 3.63) is 35.9 Å². The first kappa shape index (κ1) is 14.7. The van der Waals surface area contributed by atoms with Gasteiger partial charge in [0.15, 0.2) is 0 Å². The SMILES string of the molecule is C[C@H](CCCc1ccccc1)C[C@H](N)CC(=O)O. The van der Waals surface area contributed by atoms with Gasteiger partial charge in [-0.25, -0.2) is 0 Å². The van der Waals surface area contributed by atoms with E-state index in [4.69, 9.17) is 10.8 Å². The van der Waals surface area contributed by atoms with Gasteiger partial charge in [-0.05, 0) is 30.7 Å². The van der Waals surface area contributed by atoms with Gasteiger partial charge in [0.25, 0.3) is 0 Å². The Morgan fingerprint density at radius 3 is 2.61 bits per heavy atom. The van der Waals surface area contributed by atoms with Crippen LogP contribution >= 0.6 is 0 Å². The summed E-state index contributed by atoms with van der Waals surface area (Å²) in [4.78, 5) is 10.5. The molecule has 0 aliphatic rings. The van der Waals surface area contributed by atoms with Gasteiger partial charge in [0, 0.05) is 6.04 Å². The minimum absolute atomic E-state index is 0.0724. The Kier molecular flexibility index (Phi) is 6.44. The standard InChI is InChI=1S/C15H23NO2/c1-12(10-14(16)11-15(17)18)6-5-9-13-7-3-2-4-8-13/h2-4,7-8,12,14H,5-6,9-11,16H2,1H3,(H,17,18)/t12-,14+/m1/s1. The predicted molar refractivity (Wildman–Crippen MR) is 73.4 cm³/mol. The fourth-order valence-electron chi connectivity index (χ4n) is 2.24. The first-order chi connectivity index (χ1) is 8.58. The van der Waals surface area contributed by atoms with E-state index in [1.54, 1.807) is 0 Å². The number of hydrogen-bond acceptors (Lipinski definition) is 2. The number of hydrogen-bond donors (Lipinski definition) is 2. The van der Waals surface area contributed by atoms with E-state index in [0.29, 0.717) is 5.92 Å². The zero-order valence-corrected chi connectivity index (χ0v) is 11.0. The van der Waals surface area contributed by atoms with Gasteiger partial charge >= 0.3 is 5.97 Å². The van der Waals surface area contributed by atoms with E-state index >= 15 is 0 Å². The summed E-state index contributed by atoms with van der Waals surface area (Å²) >= 11 is 0. The second kappa shape index (κ2) is 7.88. The molecular weight excluding hydrogens is 226 g/mol. The second-order valence-corrected chi connectivity index (χ2v) is 5.08. The van der Waals surface area contributed by atoms with E-state index in [-0.39, 0.29) is 12.5 Å². The highest BCUT2D eigenvalue weighted by Crippen LogP contribution is 2.15. The molecule has 0 amide bonds. The molecule has 0 aliphatic carbocycles. The Bertz CT molecular complexity index is 351. The van der Waals surface area contributed by atoms with Gasteiger partial charge in [-0.3, -0.25) is 4.79 Å². The maximum atomic E-state index is 10.5. The van der Waals surface area contributed by atoms with Crippen molar-refractivity contribution >= 4 is 5.97 Å². The van der Waals surface area contributed by atoms with Gasteiger partial charge < -0.3 is 10.8 Å². The summed E-state index contributed by atoms with van der Waals surface area (Å²) in [7, 11) is 0. The molecule has 0 fully saturated rings. The van der Waals surface area contributed by atoms with Crippen LogP contribution in [0.2, 0.25) is 0 Å². The minimum atomic E-state index is -0.806. The highest BCUT2D eigenvalue weighted by molar-refractivity contribution is 5.67. The molecule has 0 unspecified atom stereocenters. The summed E-state index contributed by atoms with van der Waals surface area (Å²) in [5, 5.41) is 8.64. The minimum Gasteiger partial charge on any atom is -0.481 e. The molecule has 0 aliphatic heterocycles. The monoisotopic (exact) mass is 249 g/mol. The molecule has 3 N–H and O–H groups in total. The number of aryl methyl sites for hydroxylation is 1. The number of benzene rings is 1. The normalized spacial score (nSPS) is 14.1. The molecule has 100 valence electrons. The maximum absolute atomic E-state index is 10.5. The molecule has 0 bridgehead atoms. The summed E-state index contributed by atoms with van der Waals surface area (Å²) in [5.74, 6) is -0.318. The molecular formula is C15H23NO2. The quantitative estimate of drug-likeness (QED) is 0.744. The number of carbonyl (C=O) groups is 1. The van der Waals surface area contributed by atoms with Crippen molar-refractivity contribution in [2.45, 2.75) is 45.1 Å². The van der Waals surface area contributed by atoms with Crippen molar-refractivity contribution in [2.24, 2.45) is 11.7 Å². The largest absolute Gasteiger partial charge is 0.481 e. The van der Waals surface area contributed by atoms with E-state index in [2.05, 4.69) is 31.2 Å². The Morgan fingerprint density at radius 1 is 1.33 bits per heavy atom.